The highest BCUT2D eigenvalue weighted by Gasteiger charge is 2.10. The van der Waals surface area contributed by atoms with Crippen molar-refractivity contribution in [1.29, 1.82) is 0 Å². The molecule has 0 aromatic carbocycles. The molecular weight excluding hydrogens is 176 g/mol. The first-order valence-electron chi connectivity index (χ1n) is 6.16. The zero-order chi connectivity index (χ0) is 10.1. The van der Waals surface area contributed by atoms with E-state index >= 15 is 0 Å². The maximum atomic E-state index is 8.63. The Morgan fingerprint density at radius 1 is 0.929 bits per heavy atom. The Kier molecular flexibility index (Phi) is 7.06. The number of aliphatic hydroxyl groups is 1. The first-order chi connectivity index (χ1) is 6.93. The summed E-state index contributed by atoms with van der Waals surface area (Å²) in [6.07, 6.45) is 11.8. The molecular formula is C12H24O2. The second-order valence-corrected chi connectivity index (χ2v) is 4.27. The number of hydrogen-bond acceptors (Lipinski definition) is 2. The van der Waals surface area contributed by atoms with E-state index in [0.29, 0.717) is 12.7 Å². The molecule has 2 heteroatoms. The van der Waals surface area contributed by atoms with Crippen LogP contribution in [0.25, 0.3) is 0 Å². The smallest absolute Gasteiger partial charge is 0.0575 e. The SMILES string of the molecule is OCCCCOC1CCCCCCC1. The lowest BCUT2D eigenvalue weighted by Gasteiger charge is -2.20. The predicted molar refractivity (Wildman–Crippen MR) is 58.4 cm³/mol. The van der Waals surface area contributed by atoms with Gasteiger partial charge in [0, 0.05) is 13.2 Å². The summed E-state index contributed by atoms with van der Waals surface area (Å²) in [6.45, 7) is 1.14. The molecule has 1 saturated carbocycles. The van der Waals surface area contributed by atoms with Gasteiger partial charge in [0.2, 0.25) is 0 Å². The molecule has 0 unspecified atom stereocenters. The van der Waals surface area contributed by atoms with E-state index in [1.165, 1.54) is 44.9 Å². The van der Waals surface area contributed by atoms with Gasteiger partial charge in [-0.3, -0.25) is 0 Å². The minimum atomic E-state index is 0.300. The third-order valence-electron chi connectivity index (χ3n) is 2.96. The first kappa shape index (κ1) is 12.0. The highest BCUT2D eigenvalue weighted by molar-refractivity contribution is 4.63. The minimum Gasteiger partial charge on any atom is -0.396 e. The van der Waals surface area contributed by atoms with Crippen molar-refractivity contribution >= 4 is 0 Å². The Morgan fingerprint density at radius 3 is 2.21 bits per heavy atom. The lowest BCUT2D eigenvalue weighted by Crippen LogP contribution is -2.15. The molecule has 1 rings (SSSR count). The Bertz CT molecular complexity index is 117. The van der Waals surface area contributed by atoms with Crippen LogP contribution in [0, 0.1) is 0 Å². The van der Waals surface area contributed by atoms with E-state index < -0.39 is 0 Å². The van der Waals surface area contributed by atoms with Gasteiger partial charge in [-0.25, -0.2) is 0 Å². The number of ether oxygens (including phenoxy) is 1. The zero-order valence-electron chi connectivity index (χ0n) is 9.21. The molecule has 0 amide bonds. The van der Waals surface area contributed by atoms with Gasteiger partial charge < -0.3 is 9.84 Å². The van der Waals surface area contributed by atoms with Crippen LogP contribution >= 0.6 is 0 Å². The molecule has 0 spiro atoms. The summed E-state index contributed by atoms with van der Waals surface area (Å²) in [5.41, 5.74) is 0. The van der Waals surface area contributed by atoms with Crippen molar-refractivity contribution in [3.05, 3.63) is 0 Å². The van der Waals surface area contributed by atoms with Gasteiger partial charge >= 0.3 is 0 Å². The second kappa shape index (κ2) is 8.25. The highest BCUT2D eigenvalue weighted by atomic mass is 16.5. The first-order valence-corrected chi connectivity index (χ1v) is 6.16. The van der Waals surface area contributed by atoms with Gasteiger partial charge in [-0.2, -0.15) is 0 Å². The Labute approximate surface area is 87.7 Å². The fraction of sp³-hybridized carbons (Fsp3) is 1.00. The van der Waals surface area contributed by atoms with Crippen LogP contribution in [0.4, 0.5) is 0 Å². The van der Waals surface area contributed by atoms with Crippen LogP contribution in [-0.2, 0) is 4.74 Å². The van der Waals surface area contributed by atoms with E-state index in [0.717, 1.165) is 19.4 Å². The van der Waals surface area contributed by atoms with Gasteiger partial charge in [-0.05, 0) is 25.7 Å². The van der Waals surface area contributed by atoms with Crippen molar-refractivity contribution in [2.24, 2.45) is 0 Å². The van der Waals surface area contributed by atoms with Crippen LogP contribution in [0.15, 0.2) is 0 Å². The van der Waals surface area contributed by atoms with E-state index in [4.69, 9.17) is 9.84 Å². The molecule has 0 aliphatic heterocycles. The van der Waals surface area contributed by atoms with Crippen LogP contribution in [0.2, 0.25) is 0 Å². The second-order valence-electron chi connectivity index (χ2n) is 4.27. The minimum absolute atomic E-state index is 0.300. The summed E-state index contributed by atoms with van der Waals surface area (Å²) in [7, 11) is 0. The molecule has 1 fully saturated rings. The quantitative estimate of drug-likeness (QED) is 0.691. The van der Waals surface area contributed by atoms with Gasteiger partial charge in [0.15, 0.2) is 0 Å². The van der Waals surface area contributed by atoms with Crippen molar-refractivity contribution in [3.8, 4) is 0 Å². The molecule has 1 N–H and O–H groups in total. The summed E-state index contributed by atoms with van der Waals surface area (Å²) in [5.74, 6) is 0. The molecule has 0 radical (unpaired) electrons. The van der Waals surface area contributed by atoms with Gasteiger partial charge in [-0.15, -0.1) is 0 Å². The zero-order valence-corrected chi connectivity index (χ0v) is 9.21. The van der Waals surface area contributed by atoms with Gasteiger partial charge in [0.05, 0.1) is 6.10 Å². The van der Waals surface area contributed by atoms with Crippen molar-refractivity contribution in [2.75, 3.05) is 13.2 Å². The average Bonchev–Trinajstić information content (AvgIpc) is 2.15. The maximum Gasteiger partial charge on any atom is 0.0575 e. The van der Waals surface area contributed by atoms with E-state index in [9.17, 15) is 0 Å². The lowest BCUT2D eigenvalue weighted by atomic mass is 9.98. The summed E-state index contributed by atoms with van der Waals surface area (Å²) >= 11 is 0. The monoisotopic (exact) mass is 200 g/mol. The molecule has 1 aliphatic carbocycles. The maximum absolute atomic E-state index is 8.63. The van der Waals surface area contributed by atoms with Crippen molar-refractivity contribution in [2.45, 2.75) is 63.9 Å². The van der Waals surface area contributed by atoms with Crippen LogP contribution in [-0.4, -0.2) is 24.4 Å². The number of hydrogen-bond donors (Lipinski definition) is 1. The molecule has 14 heavy (non-hydrogen) atoms. The lowest BCUT2D eigenvalue weighted by molar-refractivity contribution is 0.0317. The van der Waals surface area contributed by atoms with Crippen molar-refractivity contribution < 1.29 is 9.84 Å². The summed E-state index contributed by atoms with van der Waals surface area (Å²) < 4.78 is 5.81. The molecule has 0 aromatic heterocycles. The summed E-state index contributed by atoms with van der Waals surface area (Å²) in [5, 5.41) is 8.63. The average molecular weight is 200 g/mol. The molecule has 0 atom stereocenters. The number of aliphatic hydroxyl groups excluding tert-OH is 1. The molecule has 2 nitrogen and oxygen atoms in total. The summed E-state index contributed by atoms with van der Waals surface area (Å²) in [4.78, 5) is 0. The highest BCUT2D eigenvalue weighted by Crippen LogP contribution is 2.19. The number of unbranched alkanes of at least 4 members (excludes halogenated alkanes) is 1. The third-order valence-corrected chi connectivity index (χ3v) is 2.96. The standard InChI is InChI=1S/C12H24O2/c13-10-6-7-11-14-12-8-4-2-1-3-5-9-12/h12-13H,1-11H2. The Balaban J connectivity index is 2.02. The van der Waals surface area contributed by atoms with E-state index in [-0.39, 0.29) is 0 Å². The molecule has 0 aromatic rings. The van der Waals surface area contributed by atoms with Gasteiger partial charge in [0.1, 0.15) is 0 Å². The Morgan fingerprint density at radius 2 is 1.57 bits per heavy atom. The van der Waals surface area contributed by atoms with Crippen LogP contribution in [0.3, 0.4) is 0 Å². The fourth-order valence-electron chi connectivity index (χ4n) is 2.05. The van der Waals surface area contributed by atoms with Crippen LogP contribution in [0.1, 0.15) is 57.8 Å². The molecule has 0 bridgehead atoms. The molecule has 1 aliphatic rings. The Hall–Kier alpha value is -0.0800. The molecule has 0 saturated heterocycles. The number of rotatable bonds is 5. The van der Waals surface area contributed by atoms with Crippen LogP contribution in [0.5, 0.6) is 0 Å². The third kappa shape index (κ3) is 5.61. The molecule has 84 valence electrons. The predicted octanol–water partition coefficient (Wildman–Crippen LogP) is 2.89. The van der Waals surface area contributed by atoms with Crippen molar-refractivity contribution in [3.63, 3.8) is 0 Å². The van der Waals surface area contributed by atoms with E-state index in [2.05, 4.69) is 0 Å². The van der Waals surface area contributed by atoms with Gasteiger partial charge in [0.25, 0.3) is 0 Å². The summed E-state index contributed by atoms with van der Waals surface area (Å²) in [6, 6.07) is 0. The fourth-order valence-corrected chi connectivity index (χ4v) is 2.05. The van der Waals surface area contributed by atoms with E-state index in [1.54, 1.807) is 0 Å². The van der Waals surface area contributed by atoms with E-state index in [1.807, 2.05) is 0 Å². The normalized spacial score (nSPS) is 20.4. The largest absolute Gasteiger partial charge is 0.396 e. The van der Waals surface area contributed by atoms with Crippen molar-refractivity contribution in [1.82, 2.24) is 0 Å². The molecule has 0 heterocycles. The van der Waals surface area contributed by atoms with Gasteiger partial charge in [-0.1, -0.05) is 32.1 Å². The van der Waals surface area contributed by atoms with Crippen LogP contribution < -0.4 is 0 Å². The topological polar surface area (TPSA) is 29.5 Å².